The molecule has 3 atom stereocenters. The smallest absolute Gasteiger partial charge is 0.272 e. The summed E-state index contributed by atoms with van der Waals surface area (Å²) < 4.78 is 11.3. The Morgan fingerprint density at radius 2 is 2.35 bits per heavy atom. The van der Waals surface area contributed by atoms with Gasteiger partial charge in [0.1, 0.15) is 17.9 Å². The molecule has 5 nitrogen and oxygen atoms in total. The SMILES string of the molecule is CO[C@H]1CN(C(=O)c2cccc(C)n2)[C@@H]2CCCO[C@H]12. The fourth-order valence-electron chi connectivity index (χ4n) is 3.16. The molecule has 0 saturated carbocycles. The third-order valence-corrected chi connectivity index (χ3v) is 4.15. The van der Waals surface area contributed by atoms with Crippen molar-refractivity contribution in [2.24, 2.45) is 0 Å². The van der Waals surface area contributed by atoms with Crippen molar-refractivity contribution in [1.29, 1.82) is 0 Å². The summed E-state index contributed by atoms with van der Waals surface area (Å²) in [7, 11) is 1.68. The number of hydrogen-bond donors (Lipinski definition) is 0. The van der Waals surface area contributed by atoms with Crippen LogP contribution in [0, 0.1) is 6.92 Å². The zero-order valence-electron chi connectivity index (χ0n) is 11.9. The van der Waals surface area contributed by atoms with E-state index in [-0.39, 0.29) is 24.2 Å². The molecule has 2 aliphatic heterocycles. The van der Waals surface area contributed by atoms with Crippen LogP contribution < -0.4 is 0 Å². The number of pyridine rings is 1. The molecule has 2 aliphatic rings. The molecule has 0 N–H and O–H groups in total. The van der Waals surface area contributed by atoms with E-state index in [4.69, 9.17) is 9.47 Å². The van der Waals surface area contributed by atoms with E-state index in [1.807, 2.05) is 24.0 Å². The second kappa shape index (κ2) is 5.50. The minimum atomic E-state index is -0.0333. The maximum Gasteiger partial charge on any atom is 0.272 e. The molecule has 0 aliphatic carbocycles. The molecular weight excluding hydrogens is 256 g/mol. The minimum Gasteiger partial charge on any atom is -0.377 e. The fourth-order valence-corrected chi connectivity index (χ4v) is 3.16. The monoisotopic (exact) mass is 276 g/mol. The van der Waals surface area contributed by atoms with Crippen molar-refractivity contribution in [1.82, 2.24) is 9.88 Å². The van der Waals surface area contributed by atoms with Gasteiger partial charge in [0.2, 0.25) is 0 Å². The number of fused-ring (bicyclic) bond motifs is 1. The molecule has 1 aromatic rings. The highest BCUT2D eigenvalue weighted by atomic mass is 16.5. The van der Waals surface area contributed by atoms with Crippen LogP contribution in [0.5, 0.6) is 0 Å². The highest BCUT2D eigenvalue weighted by Crippen LogP contribution is 2.31. The molecule has 0 spiro atoms. The van der Waals surface area contributed by atoms with E-state index in [0.29, 0.717) is 12.2 Å². The Labute approximate surface area is 118 Å². The normalized spacial score (nSPS) is 29.3. The summed E-state index contributed by atoms with van der Waals surface area (Å²) >= 11 is 0. The highest BCUT2D eigenvalue weighted by Gasteiger charge is 2.46. The second-order valence-electron chi connectivity index (χ2n) is 5.44. The van der Waals surface area contributed by atoms with Gasteiger partial charge >= 0.3 is 0 Å². The Balaban J connectivity index is 1.84. The van der Waals surface area contributed by atoms with Gasteiger partial charge < -0.3 is 14.4 Å². The molecule has 2 fully saturated rings. The van der Waals surface area contributed by atoms with Crippen LogP contribution in [0.4, 0.5) is 0 Å². The van der Waals surface area contributed by atoms with E-state index < -0.39 is 0 Å². The van der Waals surface area contributed by atoms with E-state index >= 15 is 0 Å². The predicted octanol–water partition coefficient (Wildman–Crippen LogP) is 1.41. The van der Waals surface area contributed by atoms with Gasteiger partial charge in [-0.2, -0.15) is 0 Å². The summed E-state index contributed by atoms with van der Waals surface area (Å²) in [6, 6.07) is 5.65. The predicted molar refractivity (Wildman–Crippen MR) is 73.6 cm³/mol. The van der Waals surface area contributed by atoms with E-state index in [9.17, 15) is 4.79 Å². The Morgan fingerprint density at radius 3 is 3.10 bits per heavy atom. The summed E-state index contributed by atoms with van der Waals surface area (Å²) in [4.78, 5) is 18.9. The lowest BCUT2D eigenvalue weighted by Gasteiger charge is -2.31. The molecule has 20 heavy (non-hydrogen) atoms. The van der Waals surface area contributed by atoms with Crippen molar-refractivity contribution < 1.29 is 14.3 Å². The highest BCUT2D eigenvalue weighted by molar-refractivity contribution is 5.92. The Kier molecular flexibility index (Phi) is 3.72. The van der Waals surface area contributed by atoms with Gasteiger partial charge in [-0.05, 0) is 31.9 Å². The number of ether oxygens (including phenoxy) is 2. The van der Waals surface area contributed by atoms with E-state index in [1.165, 1.54) is 0 Å². The third-order valence-electron chi connectivity index (χ3n) is 4.15. The number of carbonyl (C=O) groups excluding carboxylic acids is 1. The molecule has 0 unspecified atom stereocenters. The first-order valence-corrected chi connectivity index (χ1v) is 7.09. The van der Waals surface area contributed by atoms with Crippen LogP contribution in [0.3, 0.4) is 0 Å². The lowest BCUT2D eigenvalue weighted by molar-refractivity contribution is -0.0639. The number of hydrogen-bond acceptors (Lipinski definition) is 4. The summed E-state index contributed by atoms with van der Waals surface area (Å²) in [5, 5.41) is 0. The summed E-state index contributed by atoms with van der Waals surface area (Å²) in [6.45, 7) is 3.23. The lowest BCUT2D eigenvalue weighted by Crippen LogP contribution is -2.44. The van der Waals surface area contributed by atoms with Crippen LogP contribution in [0.2, 0.25) is 0 Å². The Bertz CT molecular complexity index is 506. The van der Waals surface area contributed by atoms with Crippen LogP contribution in [-0.4, -0.2) is 54.3 Å². The quantitative estimate of drug-likeness (QED) is 0.819. The van der Waals surface area contributed by atoms with Gasteiger partial charge in [-0.25, -0.2) is 4.98 Å². The van der Waals surface area contributed by atoms with Gasteiger partial charge in [-0.1, -0.05) is 6.07 Å². The van der Waals surface area contributed by atoms with Gasteiger partial charge in [0.15, 0.2) is 0 Å². The van der Waals surface area contributed by atoms with Crippen LogP contribution in [0.15, 0.2) is 18.2 Å². The second-order valence-corrected chi connectivity index (χ2v) is 5.44. The summed E-state index contributed by atoms with van der Waals surface area (Å²) in [5.74, 6) is -0.0197. The number of likely N-dealkylation sites (tertiary alicyclic amines) is 1. The third kappa shape index (κ3) is 2.31. The van der Waals surface area contributed by atoms with Crippen LogP contribution in [-0.2, 0) is 9.47 Å². The molecular formula is C15H20N2O3. The molecule has 108 valence electrons. The lowest BCUT2D eigenvalue weighted by atomic mass is 10.0. The average Bonchev–Trinajstić information content (AvgIpc) is 2.85. The largest absolute Gasteiger partial charge is 0.377 e. The molecule has 3 rings (SSSR count). The van der Waals surface area contributed by atoms with Crippen molar-refractivity contribution >= 4 is 5.91 Å². The number of rotatable bonds is 2. The molecule has 3 heterocycles. The van der Waals surface area contributed by atoms with Crippen molar-refractivity contribution in [3.05, 3.63) is 29.6 Å². The number of nitrogens with zero attached hydrogens (tertiary/aromatic N) is 2. The van der Waals surface area contributed by atoms with Crippen LogP contribution >= 0.6 is 0 Å². The molecule has 0 radical (unpaired) electrons. The summed E-state index contributed by atoms with van der Waals surface area (Å²) in [6.07, 6.45) is 1.93. The maximum atomic E-state index is 12.7. The Morgan fingerprint density at radius 1 is 1.50 bits per heavy atom. The van der Waals surface area contributed by atoms with Crippen molar-refractivity contribution in [2.75, 3.05) is 20.3 Å². The number of aromatic nitrogens is 1. The molecule has 1 aromatic heterocycles. The first-order valence-electron chi connectivity index (χ1n) is 7.09. The number of carbonyl (C=O) groups is 1. The fraction of sp³-hybridized carbons (Fsp3) is 0.600. The van der Waals surface area contributed by atoms with Gasteiger partial charge in [0.25, 0.3) is 5.91 Å². The van der Waals surface area contributed by atoms with Crippen molar-refractivity contribution in [2.45, 2.75) is 38.0 Å². The van der Waals surface area contributed by atoms with Gasteiger partial charge in [0, 0.05) is 19.4 Å². The van der Waals surface area contributed by atoms with E-state index in [1.54, 1.807) is 13.2 Å². The standard InChI is InChI=1S/C15H20N2O3/c1-10-5-3-6-11(16-10)15(18)17-9-13(19-2)14-12(17)7-4-8-20-14/h3,5-6,12-14H,4,7-9H2,1-2H3/t12-,13+,14+/m1/s1. The topological polar surface area (TPSA) is 51.7 Å². The molecule has 0 aromatic carbocycles. The first-order chi connectivity index (χ1) is 9.70. The van der Waals surface area contributed by atoms with Gasteiger partial charge in [-0.15, -0.1) is 0 Å². The van der Waals surface area contributed by atoms with E-state index in [0.717, 1.165) is 25.1 Å². The minimum absolute atomic E-state index is 0.00232. The molecule has 1 amide bonds. The molecule has 2 saturated heterocycles. The zero-order chi connectivity index (χ0) is 14.1. The van der Waals surface area contributed by atoms with Crippen LogP contribution in [0.1, 0.15) is 29.0 Å². The summed E-state index contributed by atoms with van der Waals surface area (Å²) in [5.41, 5.74) is 1.36. The van der Waals surface area contributed by atoms with E-state index in [2.05, 4.69) is 4.98 Å². The van der Waals surface area contributed by atoms with Crippen molar-refractivity contribution in [3.63, 3.8) is 0 Å². The van der Waals surface area contributed by atoms with Crippen molar-refractivity contribution in [3.8, 4) is 0 Å². The number of amides is 1. The average molecular weight is 276 g/mol. The molecule has 5 heteroatoms. The van der Waals surface area contributed by atoms with Crippen LogP contribution in [0.25, 0.3) is 0 Å². The zero-order valence-corrected chi connectivity index (χ0v) is 11.9. The number of methoxy groups -OCH3 is 1. The van der Waals surface area contributed by atoms with Gasteiger partial charge in [0.05, 0.1) is 12.6 Å². The molecule has 0 bridgehead atoms. The number of aryl methyl sites for hydroxylation is 1. The maximum absolute atomic E-state index is 12.7. The Hall–Kier alpha value is -1.46. The van der Waals surface area contributed by atoms with Gasteiger partial charge in [-0.3, -0.25) is 4.79 Å². The first kappa shape index (κ1) is 13.5.